The number of hydrogen-bond acceptors (Lipinski definition) is 6. The number of aromatic nitrogens is 2. The first-order valence-electron chi connectivity index (χ1n) is 12.1. The molecule has 2 aromatic carbocycles. The molecule has 1 amide bonds. The highest BCUT2D eigenvalue weighted by Crippen LogP contribution is 2.27. The lowest BCUT2D eigenvalue weighted by Gasteiger charge is -2.34. The van der Waals surface area contributed by atoms with E-state index in [1.165, 1.54) is 10.1 Å². The predicted molar refractivity (Wildman–Crippen MR) is 138 cm³/mol. The van der Waals surface area contributed by atoms with Crippen molar-refractivity contribution in [3.8, 4) is 0 Å². The Bertz CT molecular complexity index is 1460. The lowest BCUT2D eigenvalue weighted by atomic mass is 10.0. The maximum atomic E-state index is 12.9. The maximum absolute atomic E-state index is 12.9. The summed E-state index contributed by atoms with van der Waals surface area (Å²) in [6.45, 7) is 10.1. The van der Waals surface area contributed by atoms with Gasteiger partial charge in [0, 0.05) is 43.7 Å². The van der Waals surface area contributed by atoms with Crippen LogP contribution in [0.5, 0.6) is 0 Å². The Balaban J connectivity index is 1.29. The molecule has 1 atom stereocenters. The van der Waals surface area contributed by atoms with Gasteiger partial charge in [-0.3, -0.25) is 19.1 Å². The molecule has 182 valence electrons. The van der Waals surface area contributed by atoms with Gasteiger partial charge in [-0.05, 0) is 62.6 Å². The molecule has 0 aliphatic carbocycles. The molecule has 2 N–H and O–H groups in total. The number of hydrogen-bond donors (Lipinski definition) is 1. The molecular formula is C27H31N5O3. The first-order valence-corrected chi connectivity index (χ1v) is 12.1. The van der Waals surface area contributed by atoms with Gasteiger partial charge in [0.1, 0.15) is 6.04 Å². The molecule has 1 unspecified atom stereocenters. The number of rotatable bonds is 6. The third kappa shape index (κ3) is 4.18. The van der Waals surface area contributed by atoms with Gasteiger partial charge in [0.15, 0.2) is 11.4 Å². The largest absolute Gasteiger partial charge is 0.368 e. The van der Waals surface area contributed by atoms with Crippen LogP contribution in [0.15, 0.2) is 51.8 Å². The monoisotopic (exact) mass is 473 g/mol. The second-order valence-corrected chi connectivity index (χ2v) is 9.44. The Morgan fingerprint density at radius 2 is 1.80 bits per heavy atom. The molecular weight excluding hydrogens is 442 g/mol. The number of anilines is 1. The highest BCUT2D eigenvalue weighted by atomic mass is 16.5. The summed E-state index contributed by atoms with van der Waals surface area (Å²) >= 11 is 0. The Hall–Kier alpha value is -3.65. The SMILES string of the molecule is Cc1c(C)c2cc(CCN3CCN(c4noc5ccccc45)CC3)ccc2n(C(C)C(N)=O)c1=O. The molecule has 8 nitrogen and oxygen atoms in total. The predicted octanol–water partition coefficient (Wildman–Crippen LogP) is 3.17. The fraction of sp³-hybridized carbons (Fsp3) is 0.370. The van der Waals surface area contributed by atoms with Crippen LogP contribution in [0.1, 0.15) is 29.7 Å². The Kier molecular flexibility index (Phi) is 6.06. The van der Waals surface area contributed by atoms with Crippen molar-refractivity contribution in [1.29, 1.82) is 0 Å². The second-order valence-electron chi connectivity index (χ2n) is 9.44. The van der Waals surface area contributed by atoms with Crippen molar-refractivity contribution in [3.05, 3.63) is 69.5 Å². The Labute approximate surface area is 203 Å². The number of nitrogens with zero attached hydrogens (tertiary/aromatic N) is 4. The van der Waals surface area contributed by atoms with Crippen LogP contribution in [0.3, 0.4) is 0 Å². The number of carbonyl (C=O) groups is 1. The van der Waals surface area contributed by atoms with Crippen molar-refractivity contribution in [1.82, 2.24) is 14.6 Å². The number of piperazine rings is 1. The van der Waals surface area contributed by atoms with Crippen molar-refractivity contribution in [2.24, 2.45) is 5.73 Å². The van der Waals surface area contributed by atoms with Gasteiger partial charge in [0.2, 0.25) is 5.91 Å². The summed E-state index contributed by atoms with van der Waals surface area (Å²) in [6.07, 6.45) is 0.909. The zero-order valence-electron chi connectivity index (χ0n) is 20.5. The van der Waals surface area contributed by atoms with E-state index in [0.29, 0.717) is 5.56 Å². The number of amides is 1. The van der Waals surface area contributed by atoms with Crippen LogP contribution >= 0.6 is 0 Å². The molecule has 2 aromatic heterocycles. The fourth-order valence-electron chi connectivity index (χ4n) is 4.98. The van der Waals surface area contributed by atoms with E-state index in [9.17, 15) is 9.59 Å². The highest BCUT2D eigenvalue weighted by Gasteiger charge is 2.22. The van der Waals surface area contributed by atoms with Crippen molar-refractivity contribution < 1.29 is 9.32 Å². The minimum atomic E-state index is -0.701. The minimum absolute atomic E-state index is 0.160. The van der Waals surface area contributed by atoms with Crippen LogP contribution in [-0.4, -0.2) is 53.3 Å². The number of para-hydroxylation sites is 1. The lowest BCUT2D eigenvalue weighted by molar-refractivity contribution is -0.120. The van der Waals surface area contributed by atoms with E-state index in [1.807, 2.05) is 38.1 Å². The van der Waals surface area contributed by atoms with Gasteiger partial charge < -0.3 is 15.2 Å². The van der Waals surface area contributed by atoms with Crippen molar-refractivity contribution in [2.45, 2.75) is 33.2 Å². The van der Waals surface area contributed by atoms with Crippen molar-refractivity contribution in [3.63, 3.8) is 0 Å². The summed E-state index contributed by atoms with van der Waals surface area (Å²) in [7, 11) is 0. The van der Waals surface area contributed by atoms with Gasteiger partial charge in [0.25, 0.3) is 5.56 Å². The average Bonchev–Trinajstić information content (AvgIpc) is 3.31. The van der Waals surface area contributed by atoms with Crippen LogP contribution in [0, 0.1) is 13.8 Å². The molecule has 1 aliphatic heterocycles. The molecule has 0 bridgehead atoms. The van der Waals surface area contributed by atoms with Crippen LogP contribution in [0.4, 0.5) is 5.82 Å². The molecule has 0 saturated carbocycles. The standard InChI is InChI=1S/C27H31N5O3/c1-17-18(2)27(34)32(19(3)25(28)33)23-9-8-20(16-22(17)23)10-11-30-12-14-31(15-13-30)26-21-6-4-5-7-24(21)35-29-26/h4-9,16,19H,10-15H2,1-3H3,(H2,28,33). The van der Waals surface area contributed by atoms with Crippen molar-refractivity contribution >= 4 is 33.6 Å². The van der Waals surface area contributed by atoms with E-state index < -0.39 is 11.9 Å². The number of primary amides is 1. The highest BCUT2D eigenvalue weighted by molar-refractivity contribution is 5.88. The van der Waals surface area contributed by atoms with Gasteiger partial charge in [-0.1, -0.05) is 23.4 Å². The summed E-state index contributed by atoms with van der Waals surface area (Å²) < 4.78 is 7.00. The van der Waals surface area contributed by atoms with Gasteiger partial charge in [-0.25, -0.2) is 0 Å². The molecule has 3 heterocycles. The molecule has 35 heavy (non-hydrogen) atoms. The van der Waals surface area contributed by atoms with E-state index in [-0.39, 0.29) is 5.56 Å². The molecule has 0 radical (unpaired) electrons. The average molecular weight is 474 g/mol. The van der Waals surface area contributed by atoms with E-state index in [4.69, 9.17) is 10.3 Å². The summed E-state index contributed by atoms with van der Waals surface area (Å²) in [5.74, 6) is 0.412. The minimum Gasteiger partial charge on any atom is -0.368 e. The fourth-order valence-corrected chi connectivity index (χ4v) is 4.98. The topological polar surface area (TPSA) is 97.6 Å². The quantitative estimate of drug-likeness (QED) is 0.462. The lowest BCUT2D eigenvalue weighted by Crippen LogP contribution is -2.47. The van der Waals surface area contributed by atoms with E-state index in [1.54, 1.807) is 6.92 Å². The molecule has 1 aliphatic rings. The van der Waals surface area contributed by atoms with Gasteiger partial charge >= 0.3 is 0 Å². The first-order chi connectivity index (χ1) is 16.8. The third-order valence-corrected chi connectivity index (χ3v) is 7.37. The molecule has 8 heteroatoms. The Morgan fingerprint density at radius 1 is 1.06 bits per heavy atom. The number of nitrogens with two attached hydrogens (primary N) is 1. The van der Waals surface area contributed by atoms with Crippen LogP contribution < -0.4 is 16.2 Å². The second kappa shape index (κ2) is 9.19. The first kappa shape index (κ1) is 23.1. The van der Waals surface area contributed by atoms with Gasteiger partial charge in [-0.15, -0.1) is 0 Å². The number of carbonyl (C=O) groups excluding carboxylic acids is 1. The zero-order chi connectivity index (χ0) is 24.7. The van der Waals surface area contributed by atoms with Crippen LogP contribution in [0.2, 0.25) is 0 Å². The van der Waals surface area contributed by atoms with Crippen LogP contribution in [0.25, 0.3) is 21.9 Å². The normalized spacial score (nSPS) is 15.7. The number of pyridine rings is 1. The summed E-state index contributed by atoms with van der Waals surface area (Å²) in [5, 5.41) is 6.36. The van der Waals surface area contributed by atoms with E-state index >= 15 is 0 Å². The molecule has 5 rings (SSSR count). The zero-order valence-corrected chi connectivity index (χ0v) is 20.5. The molecule has 0 spiro atoms. The number of aryl methyl sites for hydroxylation is 1. The molecule has 4 aromatic rings. The Morgan fingerprint density at radius 3 is 2.54 bits per heavy atom. The number of benzene rings is 2. The molecule has 1 fully saturated rings. The summed E-state index contributed by atoms with van der Waals surface area (Å²) in [4.78, 5) is 29.5. The molecule has 1 saturated heterocycles. The third-order valence-electron chi connectivity index (χ3n) is 7.37. The van der Waals surface area contributed by atoms with Crippen molar-refractivity contribution in [2.75, 3.05) is 37.6 Å². The van der Waals surface area contributed by atoms with E-state index in [2.05, 4.69) is 33.2 Å². The van der Waals surface area contributed by atoms with E-state index in [0.717, 1.165) is 72.4 Å². The maximum Gasteiger partial charge on any atom is 0.254 e. The summed E-state index contributed by atoms with van der Waals surface area (Å²) in [5.41, 5.74) is 9.75. The smallest absolute Gasteiger partial charge is 0.254 e. The number of fused-ring (bicyclic) bond motifs is 2. The van der Waals surface area contributed by atoms with Crippen LogP contribution in [-0.2, 0) is 11.2 Å². The summed E-state index contributed by atoms with van der Waals surface area (Å²) in [6, 6.07) is 13.4. The van der Waals surface area contributed by atoms with Gasteiger partial charge in [-0.2, -0.15) is 0 Å². The van der Waals surface area contributed by atoms with Gasteiger partial charge in [0.05, 0.1) is 10.9 Å².